The average Bonchev–Trinajstić information content (AvgIpc) is 2.55. The van der Waals surface area contributed by atoms with Crippen molar-refractivity contribution in [1.82, 2.24) is 4.31 Å². The molecule has 0 atom stereocenters. The zero-order valence-electron chi connectivity index (χ0n) is 14.6. The SMILES string of the molecule is CC(C)c1cccc(NC(N)=NCCS(=O)(=O)N2CCSCC2)c1.I. The van der Waals surface area contributed by atoms with Crippen LogP contribution >= 0.6 is 35.7 Å². The molecule has 3 N–H and O–H groups in total. The number of nitrogens with one attached hydrogen (secondary N) is 1. The highest BCUT2D eigenvalue weighted by Gasteiger charge is 2.23. The second-order valence-corrected chi connectivity index (χ2v) is 9.31. The molecule has 0 spiro atoms. The summed E-state index contributed by atoms with van der Waals surface area (Å²) in [5.74, 6) is 2.38. The molecule has 2 rings (SSSR count). The number of rotatable bonds is 6. The predicted molar refractivity (Wildman–Crippen MR) is 119 cm³/mol. The van der Waals surface area contributed by atoms with Crippen LogP contribution in [0.25, 0.3) is 0 Å². The van der Waals surface area contributed by atoms with Crippen molar-refractivity contribution in [2.45, 2.75) is 19.8 Å². The van der Waals surface area contributed by atoms with Crippen molar-refractivity contribution in [3.8, 4) is 0 Å². The molecule has 0 aliphatic carbocycles. The van der Waals surface area contributed by atoms with Gasteiger partial charge in [-0.05, 0) is 23.6 Å². The molecule has 1 aromatic carbocycles. The molecule has 0 amide bonds. The Morgan fingerprint density at radius 1 is 1.36 bits per heavy atom. The third-order valence-electron chi connectivity index (χ3n) is 3.82. The number of nitrogens with two attached hydrogens (primary N) is 1. The number of hydrogen-bond acceptors (Lipinski definition) is 4. The van der Waals surface area contributed by atoms with Crippen LogP contribution in [0.1, 0.15) is 25.3 Å². The fourth-order valence-electron chi connectivity index (χ4n) is 2.40. The van der Waals surface area contributed by atoms with Crippen molar-refractivity contribution < 1.29 is 8.42 Å². The summed E-state index contributed by atoms with van der Waals surface area (Å²) in [5.41, 5.74) is 7.93. The van der Waals surface area contributed by atoms with E-state index >= 15 is 0 Å². The van der Waals surface area contributed by atoms with E-state index in [1.165, 1.54) is 5.56 Å². The van der Waals surface area contributed by atoms with Gasteiger partial charge in [-0.15, -0.1) is 24.0 Å². The molecule has 1 aliphatic rings. The summed E-state index contributed by atoms with van der Waals surface area (Å²) < 4.78 is 26.0. The van der Waals surface area contributed by atoms with Crippen molar-refractivity contribution in [2.75, 3.05) is 42.2 Å². The molecule has 0 radical (unpaired) electrons. The van der Waals surface area contributed by atoms with Gasteiger partial charge in [0.15, 0.2) is 5.96 Å². The van der Waals surface area contributed by atoms with E-state index in [1.807, 2.05) is 18.2 Å². The molecule has 0 bridgehead atoms. The van der Waals surface area contributed by atoms with Crippen LogP contribution in [0.15, 0.2) is 29.3 Å². The van der Waals surface area contributed by atoms with E-state index in [9.17, 15) is 8.42 Å². The van der Waals surface area contributed by atoms with E-state index in [0.29, 0.717) is 19.0 Å². The van der Waals surface area contributed by atoms with E-state index in [-0.39, 0.29) is 42.2 Å². The Balaban J connectivity index is 0.00000312. The van der Waals surface area contributed by atoms with Gasteiger partial charge in [0.05, 0.1) is 12.3 Å². The normalized spacial score (nSPS) is 16.5. The van der Waals surface area contributed by atoms with Gasteiger partial charge in [-0.25, -0.2) is 12.7 Å². The van der Waals surface area contributed by atoms with E-state index < -0.39 is 10.0 Å². The van der Waals surface area contributed by atoms with Gasteiger partial charge < -0.3 is 11.1 Å². The van der Waals surface area contributed by atoms with Crippen molar-refractivity contribution in [2.24, 2.45) is 10.7 Å². The van der Waals surface area contributed by atoms with E-state index in [0.717, 1.165) is 17.2 Å². The summed E-state index contributed by atoms with van der Waals surface area (Å²) in [7, 11) is -3.24. The monoisotopic (exact) mass is 498 g/mol. The molecule has 0 aromatic heterocycles. The van der Waals surface area contributed by atoms with E-state index in [4.69, 9.17) is 5.73 Å². The van der Waals surface area contributed by atoms with Crippen LogP contribution in [-0.2, 0) is 10.0 Å². The summed E-state index contributed by atoms with van der Waals surface area (Å²) in [6, 6.07) is 7.96. The van der Waals surface area contributed by atoms with Crippen LogP contribution in [0.4, 0.5) is 5.69 Å². The summed E-state index contributed by atoms with van der Waals surface area (Å²) in [4.78, 5) is 4.15. The number of anilines is 1. The Kier molecular flexibility index (Phi) is 9.54. The number of nitrogens with zero attached hydrogens (tertiary/aromatic N) is 2. The van der Waals surface area contributed by atoms with Crippen LogP contribution in [0.3, 0.4) is 0 Å². The van der Waals surface area contributed by atoms with Gasteiger partial charge in [0.1, 0.15) is 0 Å². The Morgan fingerprint density at radius 2 is 2.04 bits per heavy atom. The van der Waals surface area contributed by atoms with Gasteiger partial charge in [-0.1, -0.05) is 26.0 Å². The highest BCUT2D eigenvalue weighted by Crippen LogP contribution is 2.18. The molecule has 142 valence electrons. The molecule has 0 unspecified atom stereocenters. The minimum Gasteiger partial charge on any atom is -0.370 e. The standard InChI is InChI=1S/C16H26N4O2S2.HI/c1-13(2)14-4-3-5-15(12-14)19-16(17)18-6-11-24(21,22)20-7-9-23-10-8-20;/h3-5,12-13H,6-11H2,1-2H3,(H3,17,18,19);1H. The second kappa shape index (κ2) is 10.6. The van der Waals surface area contributed by atoms with Gasteiger partial charge in [0, 0.05) is 30.3 Å². The predicted octanol–water partition coefficient (Wildman–Crippen LogP) is 2.53. The first-order chi connectivity index (χ1) is 11.4. The molecule has 1 heterocycles. The fourth-order valence-corrected chi connectivity index (χ4v) is 4.85. The topological polar surface area (TPSA) is 87.8 Å². The molecule has 1 fully saturated rings. The number of thioether (sulfide) groups is 1. The molecule has 0 saturated carbocycles. The van der Waals surface area contributed by atoms with Gasteiger partial charge in [0.25, 0.3) is 0 Å². The number of halogens is 1. The van der Waals surface area contributed by atoms with Gasteiger partial charge >= 0.3 is 0 Å². The third kappa shape index (κ3) is 7.32. The molecular formula is C16H27IN4O2S2. The summed E-state index contributed by atoms with van der Waals surface area (Å²) in [6.45, 7) is 5.59. The number of hydrogen-bond donors (Lipinski definition) is 2. The zero-order chi connectivity index (χ0) is 17.6. The molecule has 9 heteroatoms. The van der Waals surface area contributed by atoms with Gasteiger partial charge in [-0.3, -0.25) is 4.99 Å². The van der Waals surface area contributed by atoms with E-state index in [2.05, 4.69) is 30.2 Å². The molecule has 1 saturated heterocycles. The maximum absolute atomic E-state index is 12.2. The third-order valence-corrected chi connectivity index (χ3v) is 6.61. The zero-order valence-corrected chi connectivity index (χ0v) is 18.6. The fraction of sp³-hybridized carbons (Fsp3) is 0.562. The second-order valence-electron chi connectivity index (χ2n) is 6.00. The molecular weight excluding hydrogens is 471 g/mol. The lowest BCUT2D eigenvalue weighted by Gasteiger charge is -2.25. The Labute approximate surface area is 172 Å². The van der Waals surface area contributed by atoms with Crippen molar-refractivity contribution in [1.29, 1.82) is 0 Å². The summed E-state index contributed by atoms with van der Waals surface area (Å²) in [5, 5.41) is 3.02. The lowest BCUT2D eigenvalue weighted by molar-refractivity contribution is 0.444. The molecule has 25 heavy (non-hydrogen) atoms. The maximum Gasteiger partial charge on any atom is 0.215 e. The summed E-state index contributed by atoms with van der Waals surface area (Å²) >= 11 is 1.78. The van der Waals surface area contributed by atoms with E-state index in [1.54, 1.807) is 16.1 Å². The number of aliphatic imine (C=N–C) groups is 1. The quantitative estimate of drug-likeness (QED) is 0.358. The summed E-state index contributed by atoms with van der Waals surface area (Å²) in [6.07, 6.45) is 0. The van der Waals surface area contributed by atoms with Crippen LogP contribution < -0.4 is 11.1 Å². The van der Waals surface area contributed by atoms with Crippen molar-refractivity contribution in [3.05, 3.63) is 29.8 Å². The first kappa shape index (κ1) is 22.5. The minimum absolute atomic E-state index is 0. The average molecular weight is 498 g/mol. The number of sulfonamides is 1. The Hall–Kier alpha value is -0.520. The molecule has 1 aromatic rings. The van der Waals surface area contributed by atoms with Crippen LogP contribution in [-0.4, -0.2) is 55.6 Å². The van der Waals surface area contributed by atoms with Crippen molar-refractivity contribution >= 4 is 57.4 Å². The highest BCUT2D eigenvalue weighted by atomic mass is 127. The Bertz CT molecular complexity index is 674. The van der Waals surface area contributed by atoms with Crippen LogP contribution in [0, 0.1) is 0 Å². The largest absolute Gasteiger partial charge is 0.370 e. The molecule has 1 aliphatic heterocycles. The first-order valence-electron chi connectivity index (χ1n) is 8.11. The van der Waals surface area contributed by atoms with Crippen LogP contribution in [0.5, 0.6) is 0 Å². The van der Waals surface area contributed by atoms with Gasteiger partial charge in [-0.2, -0.15) is 11.8 Å². The lowest BCUT2D eigenvalue weighted by Crippen LogP contribution is -2.40. The Morgan fingerprint density at radius 3 is 2.68 bits per heavy atom. The van der Waals surface area contributed by atoms with Gasteiger partial charge in [0.2, 0.25) is 10.0 Å². The lowest BCUT2D eigenvalue weighted by atomic mass is 10.0. The smallest absolute Gasteiger partial charge is 0.215 e. The number of benzene rings is 1. The first-order valence-corrected chi connectivity index (χ1v) is 10.9. The molecule has 6 nitrogen and oxygen atoms in total. The minimum atomic E-state index is -3.24. The highest BCUT2D eigenvalue weighted by molar-refractivity contribution is 14.0. The van der Waals surface area contributed by atoms with Crippen molar-refractivity contribution in [3.63, 3.8) is 0 Å². The number of guanidine groups is 1. The van der Waals surface area contributed by atoms with Crippen LogP contribution in [0.2, 0.25) is 0 Å². The maximum atomic E-state index is 12.2.